The number of halogens is 1. The average molecular weight is 243 g/mol. The van der Waals surface area contributed by atoms with Crippen molar-refractivity contribution >= 4 is 29.1 Å². The topological polar surface area (TPSA) is 15.3 Å². The van der Waals surface area contributed by atoms with E-state index < -0.39 is 0 Å². The number of rotatable bonds is 3. The van der Waals surface area contributed by atoms with Crippen LogP contribution in [-0.4, -0.2) is 32.4 Å². The zero-order chi connectivity index (χ0) is 10.7. The van der Waals surface area contributed by atoms with Gasteiger partial charge in [-0.1, -0.05) is 17.7 Å². The van der Waals surface area contributed by atoms with E-state index in [0.717, 1.165) is 30.4 Å². The molecule has 1 aliphatic rings. The molecule has 1 aromatic rings. The number of hydrogen-bond donors (Lipinski definition) is 1. The maximum atomic E-state index is 6.24. The van der Waals surface area contributed by atoms with E-state index in [0.29, 0.717) is 0 Å². The van der Waals surface area contributed by atoms with Gasteiger partial charge in [-0.15, -0.1) is 11.8 Å². The molecule has 0 bridgehead atoms. The van der Waals surface area contributed by atoms with Gasteiger partial charge < -0.3 is 10.2 Å². The van der Waals surface area contributed by atoms with E-state index in [9.17, 15) is 0 Å². The number of thioether (sulfide) groups is 1. The van der Waals surface area contributed by atoms with E-state index in [1.165, 1.54) is 10.6 Å². The molecule has 2 nitrogen and oxygen atoms in total. The van der Waals surface area contributed by atoms with E-state index >= 15 is 0 Å². The van der Waals surface area contributed by atoms with Gasteiger partial charge in [0, 0.05) is 30.3 Å². The summed E-state index contributed by atoms with van der Waals surface area (Å²) in [5, 5.41) is 4.04. The van der Waals surface area contributed by atoms with Crippen LogP contribution >= 0.6 is 23.4 Å². The first-order valence-electron chi connectivity index (χ1n) is 5.14. The molecule has 82 valence electrons. The number of likely N-dealkylation sites (N-methyl/N-ethyl adjacent to an activating group) is 1. The van der Waals surface area contributed by atoms with Crippen molar-refractivity contribution in [3.8, 4) is 0 Å². The maximum Gasteiger partial charge on any atom is 0.0694 e. The van der Waals surface area contributed by atoms with Crippen LogP contribution in [0.5, 0.6) is 0 Å². The number of nitrogens with zero attached hydrogens (tertiary/aromatic N) is 1. The Labute approximate surface area is 100.0 Å². The molecule has 1 aromatic carbocycles. The van der Waals surface area contributed by atoms with E-state index in [1.54, 1.807) is 0 Å². The highest BCUT2D eigenvalue weighted by atomic mass is 35.5. The number of fused-ring (bicyclic) bond motifs is 1. The van der Waals surface area contributed by atoms with E-state index in [4.69, 9.17) is 11.6 Å². The summed E-state index contributed by atoms with van der Waals surface area (Å²) in [6.45, 7) is 3.10. The van der Waals surface area contributed by atoms with Crippen molar-refractivity contribution in [3.63, 3.8) is 0 Å². The molecular formula is C11H15ClN2S. The third kappa shape index (κ3) is 2.41. The largest absolute Gasteiger partial charge is 0.367 e. The lowest BCUT2D eigenvalue weighted by Crippen LogP contribution is -2.34. The molecule has 0 saturated heterocycles. The zero-order valence-electron chi connectivity index (χ0n) is 8.79. The SMILES string of the molecule is CNCCN1CCSc2cccc(Cl)c21. The minimum Gasteiger partial charge on any atom is -0.367 e. The average Bonchev–Trinajstić information content (AvgIpc) is 2.26. The molecule has 0 amide bonds. The Morgan fingerprint density at radius 3 is 3.20 bits per heavy atom. The van der Waals surface area contributed by atoms with Crippen LogP contribution in [-0.2, 0) is 0 Å². The molecule has 2 rings (SSSR count). The van der Waals surface area contributed by atoms with Gasteiger partial charge in [-0.05, 0) is 19.2 Å². The molecule has 0 saturated carbocycles. The van der Waals surface area contributed by atoms with Gasteiger partial charge in [-0.2, -0.15) is 0 Å². The third-order valence-electron chi connectivity index (χ3n) is 2.52. The molecule has 0 spiro atoms. The molecular weight excluding hydrogens is 228 g/mol. The van der Waals surface area contributed by atoms with E-state index in [1.807, 2.05) is 30.9 Å². The molecule has 1 heterocycles. The lowest BCUT2D eigenvalue weighted by molar-refractivity contribution is 0.731. The highest BCUT2D eigenvalue weighted by molar-refractivity contribution is 7.99. The van der Waals surface area contributed by atoms with Crippen LogP contribution in [0.3, 0.4) is 0 Å². The van der Waals surface area contributed by atoms with Crippen molar-refractivity contribution in [2.75, 3.05) is 37.3 Å². The molecule has 0 atom stereocenters. The smallest absolute Gasteiger partial charge is 0.0694 e. The Hall–Kier alpha value is -0.380. The second-order valence-corrected chi connectivity index (χ2v) is 5.07. The number of anilines is 1. The predicted octanol–water partition coefficient (Wildman–Crippen LogP) is 2.47. The number of benzene rings is 1. The number of para-hydroxylation sites is 1. The first-order valence-corrected chi connectivity index (χ1v) is 6.50. The van der Waals surface area contributed by atoms with E-state index in [-0.39, 0.29) is 0 Å². The molecule has 0 unspecified atom stereocenters. The Morgan fingerprint density at radius 1 is 1.53 bits per heavy atom. The summed E-state index contributed by atoms with van der Waals surface area (Å²) >= 11 is 8.13. The highest BCUT2D eigenvalue weighted by Crippen LogP contribution is 2.39. The molecule has 0 aromatic heterocycles. The van der Waals surface area contributed by atoms with Crippen LogP contribution < -0.4 is 10.2 Å². The van der Waals surface area contributed by atoms with Crippen LogP contribution in [0.2, 0.25) is 5.02 Å². The van der Waals surface area contributed by atoms with Crippen molar-refractivity contribution in [1.29, 1.82) is 0 Å². The summed E-state index contributed by atoms with van der Waals surface area (Å²) in [7, 11) is 1.98. The third-order valence-corrected chi connectivity index (χ3v) is 3.85. The van der Waals surface area contributed by atoms with Crippen LogP contribution in [0.1, 0.15) is 0 Å². The Morgan fingerprint density at radius 2 is 2.40 bits per heavy atom. The van der Waals surface area contributed by atoms with Crippen LogP contribution in [0.4, 0.5) is 5.69 Å². The summed E-state index contributed by atoms with van der Waals surface area (Å²) < 4.78 is 0. The summed E-state index contributed by atoms with van der Waals surface area (Å²) in [4.78, 5) is 3.68. The Balaban J connectivity index is 2.24. The summed E-state index contributed by atoms with van der Waals surface area (Å²) in [6.07, 6.45) is 0. The first kappa shape index (κ1) is 11.1. The fraction of sp³-hybridized carbons (Fsp3) is 0.455. The van der Waals surface area contributed by atoms with E-state index in [2.05, 4.69) is 16.3 Å². The molecule has 4 heteroatoms. The maximum absolute atomic E-state index is 6.24. The van der Waals surface area contributed by atoms with Crippen molar-refractivity contribution in [3.05, 3.63) is 23.2 Å². The Bertz CT molecular complexity index is 343. The van der Waals surface area contributed by atoms with Crippen molar-refractivity contribution in [1.82, 2.24) is 5.32 Å². The molecule has 15 heavy (non-hydrogen) atoms. The van der Waals surface area contributed by atoms with Crippen LogP contribution in [0, 0.1) is 0 Å². The molecule has 1 N–H and O–H groups in total. The highest BCUT2D eigenvalue weighted by Gasteiger charge is 2.19. The predicted molar refractivity (Wildman–Crippen MR) is 68.3 cm³/mol. The fourth-order valence-corrected chi connectivity index (χ4v) is 3.20. The summed E-state index contributed by atoms with van der Waals surface area (Å²) in [6, 6.07) is 6.14. The zero-order valence-corrected chi connectivity index (χ0v) is 10.4. The van der Waals surface area contributed by atoms with Gasteiger partial charge in [0.2, 0.25) is 0 Å². The molecule has 1 aliphatic heterocycles. The lowest BCUT2D eigenvalue weighted by atomic mass is 10.2. The number of nitrogens with one attached hydrogen (secondary N) is 1. The minimum absolute atomic E-state index is 0.871. The summed E-state index contributed by atoms with van der Waals surface area (Å²) in [5.74, 6) is 1.15. The normalized spacial score (nSPS) is 15.2. The summed E-state index contributed by atoms with van der Waals surface area (Å²) in [5.41, 5.74) is 1.21. The van der Waals surface area contributed by atoms with Crippen molar-refractivity contribution < 1.29 is 0 Å². The van der Waals surface area contributed by atoms with Crippen LogP contribution in [0.15, 0.2) is 23.1 Å². The van der Waals surface area contributed by atoms with Gasteiger partial charge in [0.05, 0.1) is 10.7 Å². The fourth-order valence-electron chi connectivity index (χ4n) is 1.77. The van der Waals surface area contributed by atoms with Gasteiger partial charge in [-0.25, -0.2) is 0 Å². The van der Waals surface area contributed by atoms with Gasteiger partial charge >= 0.3 is 0 Å². The number of hydrogen-bond acceptors (Lipinski definition) is 3. The molecule has 0 radical (unpaired) electrons. The van der Waals surface area contributed by atoms with Crippen molar-refractivity contribution in [2.24, 2.45) is 0 Å². The molecule has 0 fully saturated rings. The quantitative estimate of drug-likeness (QED) is 0.877. The first-order chi connectivity index (χ1) is 7.33. The lowest BCUT2D eigenvalue weighted by Gasteiger charge is -2.31. The van der Waals surface area contributed by atoms with Gasteiger partial charge in [0.1, 0.15) is 0 Å². The minimum atomic E-state index is 0.871. The second kappa shape index (κ2) is 5.10. The standard InChI is InChI=1S/C11H15ClN2S/c1-13-5-6-14-7-8-15-10-4-2-3-9(12)11(10)14/h2-4,13H,5-8H2,1H3. The Kier molecular flexibility index (Phi) is 3.78. The van der Waals surface area contributed by atoms with Gasteiger partial charge in [0.15, 0.2) is 0 Å². The second-order valence-electron chi connectivity index (χ2n) is 3.53. The van der Waals surface area contributed by atoms with Crippen LogP contribution in [0.25, 0.3) is 0 Å². The molecule has 0 aliphatic carbocycles. The monoisotopic (exact) mass is 242 g/mol. The van der Waals surface area contributed by atoms with Crippen molar-refractivity contribution in [2.45, 2.75) is 4.90 Å². The van der Waals surface area contributed by atoms with Gasteiger partial charge in [-0.3, -0.25) is 0 Å². The van der Waals surface area contributed by atoms with Gasteiger partial charge in [0.25, 0.3) is 0 Å².